The summed E-state index contributed by atoms with van der Waals surface area (Å²) < 4.78 is 0. The normalized spacial score (nSPS) is 22.9. The van der Waals surface area contributed by atoms with Crippen molar-refractivity contribution in [3.8, 4) is 0 Å². The molecule has 2 heteroatoms. The van der Waals surface area contributed by atoms with E-state index in [1.54, 1.807) is 5.56 Å². The molecule has 1 aliphatic heterocycles. The zero-order valence-electron chi connectivity index (χ0n) is 10.6. The Morgan fingerprint density at radius 3 is 2.59 bits per heavy atom. The smallest absolute Gasteiger partial charge is 0.0317 e. The van der Waals surface area contributed by atoms with Crippen LogP contribution in [0, 0.1) is 6.92 Å². The third-order valence-corrected chi connectivity index (χ3v) is 4.54. The Morgan fingerprint density at radius 2 is 2.06 bits per heavy atom. The molecule has 0 spiro atoms. The molecule has 0 amide bonds. The Morgan fingerprint density at radius 1 is 1.29 bits per heavy atom. The molecule has 2 nitrogen and oxygen atoms in total. The molecule has 3 rings (SSSR count). The van der Waals surface area contributed by atoms with Gasteiger partial charge in [-0.2, -0.15) is 0 Å². The van der Waals surface area contributed by atoms with E-state index in [-0.39, 0.29) is 0 Å². The van der Waals surface area contributed by atoms with Crippen LogP contribution in [0.15, 0.2) is 24.3 Å². The first-order chi connectivity index (χ1) is 8.30. The zero-order chi connectivity index (χ0) is 11.7. The molecular formula is C15H22N2. The SMILES string of the molecule is Cc1ccccc1C1(CNC2CNC2)CCC1. The Hall–Kier alpha value is -0.860. The van der Waals surface area contributed by atoms with Crippen molar-refractivity contribution in [2.75, 3.05) is 19.6 Å². The average Bonchev–Trinajstić information content (AvgIpc) is 2.21. The quantitative estimate of drug-likeness (QED) is 0.826. The van der Waals surface area contributed by atoms with E-state index in [1.807, 2.05) is 0 Å². The molecule has 1 saturated heterocycles. The number of benzene rings is 1. The van der Waals surface area contributed by atoms with Gasteiger partial charge in [-0.05, 0) is 30.9 Å². The lowest BCUT2D eigenvalue weighted by Crippen LogP contribution is -2.58. The van der Waals surface area contributed by atoms with Crippen molar-refractivity contribution >= 4 is 0 Å². The van der Waals surface area contributed by atoms with Crippen LogP contribution in [0.3, 0.4) is 0 Å². The fourth-order valence-electron chi connectivity index (χ4n) is 3.09. The van der Waals surface area contributed by atoms with Crippen LogP contribution < -0.4 is 10.6 Å². The predicted molar refractivity (Wildman–Crippen MR) is 71.4 cm³/mol. The van der Waals surface area contributed by atoms with Crippen LogP contribution in [0.5, 0.6) is 0 Å². The molecule has 17 heavy (non-hydrogen) atoms. The van der Waals surface area contributed by atoms with Gasteiger partial charge < -0.3 is 10.6 Å². The molecule has 1 saturated carbocycles. The summed E-state index contributed by atoms with van der Waals surface area (Å²) in [5.74, 6) is 0. The molecule has 1 aliphatic carbocycles. The van der Waals surface area contributed by atoms with Crippen LogP contribution in [0.25, 0.3) is 0 Å². The fraction of sp³-hybridized carbons (Fsp3) is 0.600. The highest BCUT2D eigenvalue weighted by Gasteiger charge is 2.39. The van der Waals surface area contributed by atoms with Crippen molar-refractivity contribution in [1.82, 2.24) is 10.6 Å². The van der Waals surface area contributed by atoms with E-state index in [0.717, 1.165) is 19.6 Å². The van der Waals surface area contributed by atoms with Crippen molar-refractivity contribution in [2.45, 2.75) is 37.6 Å². The fourth-order valence-corrected chi connectivity index (χ4v) is 3.09. The van der Waals surface area contributed by atoms with Gasteiger partial charge in [-0.15, -0.1) is 0 Å². The van der Waals surface area contributed by atoms with Crippen LogP contribution in [0.4, 0.5) is 0 Å². The van der Waals surface area contributed by atoms with Gasteiger partial charge in [0.2, 0.25) is 0 Å². The minimum absolute atomic E-state index is 0.431. The molecule has 0 bridgehead atoms. The maximum absolute atomic E-state index is 3.73. The van der Waals surface area contributed by atoms with Crippen LogP contribution >= 0.6 is 0 Å². The number of hydrogen-bond donors (Lipinski definition) is 2. The van der Waals surface area contributed by atoms with E-state index >= 15 is 0 Å². The average molecular weight is 230 g/mol. The van der Waals surface area contributed by atoms with Crippen molar-refractivity contribution in [2.24, 2.45) is 0 Å². The molecular weight excluding hydrogens is 208 g/mol. The lowest BCUT2D eigenvalue weighted by atomic mass is 9.63. The molecule has 0 radical (unpaired) electrons. The van der Waals surface area contributed by atoms with Crippen LogP contribution in [-0.4, -0.2) is 25.7 Å². The minimum atomic E-state index is 0.431. The topological polar surface area (TPSA) is 24.1 Å². The van der Waals surface area contributed by atoms with E-state index in [9.17, 15) is 0 Å². The summed E-state index contributed by atoms with van der Waals surface area (Å²) in [7, 11) is 0. The van der Waals surface area contributed by atoms with Gasteiger partial charge in [0.1, 0.15) is 0 Å². The van der Waals surface area contributed by atoms with Crippen molar-refractivity contribution in [3.05, 3.63) is 35.4 Å². The van der Waals surface area contributed by atoms with Gasteiger partial charge in [-0.3, -0.25) is 0 Å². The highest BCUT2D eigenvalue weighted by molar-refractivity contribution is 5.35. The van der Waals surface area contributed by atoms with E-state index in [0.29, 0.717) is 11.5 Å². The number of rotatable bonds is 4. The minimum Gasteiger partial charge on any atom is -0.314 e. The predicted octanol–water partition coefficient (Wildman–Crippen LogP) is 1.98. The molecule has 0 atom stereocenters. The van der Waals surface area contributed by atoms with Crippen molar-refractivity contribution < 1.29 is 0 Å². The Kier molecular flexibility index (Phi) is 2.93. The molecule has 1 aromatic carbocycles. The highest BCUT2D eigenvalue weighted by atomic mass is 15.1. The maximum atomic E-state index is 3.73. The summed E-state index contributed by atoms with van der Waals surface area (Å²) >= 11 is 0. The highest BCUT2D eigenvalue weighted by Crippen LogP contribution is 2.44. The zero-order valence-corrected chi connectivity index (χ0v) is 10.6. The van der Waals surface area contributed by atoms with Crippen LogP contribution in [0.2, 0.25) is 0 Å². The summed E-state index contributed by atoms with van der Waals surface area (Å²) in [5.41, 5.74) is 3.47. The van der Waals surface area contributed by atoms with E-state index < -0.39 is 0 Å². The number of nitrogens with one attached hydrogen (secondary N) is 2. The number of aryl methyl sites for hydroxylation is 1. The lowest BCUT2D eigenvalue weighted by molar-refractivity contribution is 0.212. The molecule has 2 N–H and O–H groups in total. The number of hydrogen-bond acceptors (Lipinski definition) is 2. The van der Waals surface area contributed by atoms with E-state index in [2.05, 4.69) is 41.8 Å². The standard InChI is InChI=1S/C15H22N2/c1-12-5-2-3-6-14(12)15(7-4-8-15)11-17-13-9-16-10-13/h2-3,5-6,13,16-17H,4,7-11H2,1H3. The van der Waals surface area contributed by atoms with Crippen LogP contribution in [-0.2, 0) is 5.41 Å². The van der Waals surface area contributed by atoms with Crippen LogP contribution in [0.1, 0.15) is 30.4 Å². The largest absolute Gasteiger partial charge is 0.314 e. The van der Waals surface area contributed by atoms with Gasteiger partial charge in [-0.25, -0.2) is 0 Å². The maximum Gasteiger partial charge on any atom is 0.0317 e. The summed E-state index contributed by atoms with van der Waals surface area (Å²) in [6.07, 6.45) is 4.09. The molecule has 0 aromatic heterocycles. The lowest BCUT2D eigenvalue weighted by Gasteiger charge is -2.45. The molecule has 2 fully saturated rings. The van der Waals surface area contributed by atoms with E-state index in [4.69, 9.17) is 0 Å². The second-order valence-corrected chi connectivity index (χ2v) is 5.68. The van der Waals surface area contributed by atoms with E-state index in [1.165, 1.54) is 24.8 Å². The first kappa shape index (κ1) is 11.2. The van der Waals surface area contributed by atoms with Gasteiger partial charge in [0.05, 0.1) is 0 Å². The van der Waals surface area contributed by atoms with Gasteiger partial charge in [0.15, 0.2) is 0 Å². The molecule has 0 unspecified atom stereocenters. The van der Waals surface area contributed by atoms with Gasteiger partial charge in [0, 0.05) is 31.1 Å². The van der Waals surface area contributed by atoms with Crippen molar-refractivity contribution in [1.29, 1.82) is 0 Å². The monoisotopic (exact) mass is 230 g/mol. The second-order valence-electron chi connectivity index (χ2n) is 5.68. The summed E-state index contributed by atoms with van der Waals surface area (Å²) in [4.78, 5) is 0. The summed E-state index contributed by atoms with van der Waals surface area (Å²) in [6, 6.07) is 9.62. The summed E-state index contributed by atoms with van der Waals surface area (Å²) in [6.45, 7) is 5.69. The third-order valence-electron chi connectivity index (χ3n) is 4.54. The third kappa shape index (κ3) is 2.00. The summed E-state index contributed by atoms with van der Waals surface area (Å²) in [5, 5.41) is 7.05. The Labute approximate surface area is 104 Å². The molecule has 92 valence electrons. The van der Waals surface area contributed by atoms with Crippen molar-refractivity contribution in [3.63, 3.8) is 0 Å². The molecule has 1 aromatic rings. The Balaban J connectivity index is 1.74. The first-order valence-corrected chi connectivity index (χ1v) is 6.80. The Bertz CT molecular complexity index is 392. The molecule has 2 aliphatic rings. The first-order valence-electron chi connectivity index (χ1n) is 6.80. The van der Waals surface area contributed by atoms with Gasteiger partial charge in [-0.1, -0.05) is 30.7 Å². The van der Waals surface area contributed by atoms with Gasteiger partial charge in [0.25, 0.3) is 0 Å². The second kappa shape index (κ2) is 4.43. The van der Waals surface area contributed by atoms with Gasteiger partial charge >= 0.3 is 0 Å². The molecule has 1 heterocycles.